The molecule has 0 bridgehead atoms. The third-order valence-electron chi connectivity index (χ3n) is 7.77. The topological polar surface area (TPSA) is 85.2 Å². The Morgan fingerprint density at radius 2 is 1.72 bits per heavy atom. The number of nitrogens with zero attached hydrogens (tertiary/aromatic N) is 5. The number of hydrogen-bond acceptors (Lipinski definition) is 6. The molecule has 1 saturated heterocycles. The number of carbonyl (C=O) groups excluding carboxylic acids is 1. The summed E-state index contributed by atoms with van der Waals surface area (Å²) in [6.07, 6.45) is 10.9. The summed E-state index contributed by atoms with van der Waals surface area (Å²) in [6, 6.07) is 18.2. The quantitative estimate of drug-likeness (QED) is 0.284. The highest BCUT2D eigenvalue weighted by molar-refractivity contribution is 5.99. The van der Waals surface area contributed by atoms with E-state index in [1.807, 2.05) is 64.2 Å². The van der Waals surface area contributed by atoms with E-state index in [1.165, 1.54) is 25.3 Å². The van der Waals surface area contributed by atoms with Crippen LogP contribution in [0.2, 0.25) is 0 Å². The first-order valence-electron chi connectivity index (χ1n) is 13.9. The number of aromatic nitrogens is 4. The maximum atomic E-state index is 12.4. The lowest BCUT2D eigenvalue weighted by Crippen LogP contribution is -2.40. The van der Waals surface area contributed by atoms with Gasteiger partial charge >= 0.3 is 0 Å². The summed E-state index contributed by atoms with van der Waals surface area (Å²) < 4.78 is 8.03. The first-order valence-corrected chi connectivity index (χ1v) is 13.9. The minimum atomic E-state index is -0.0420. The number of rotatable bonds is 7. The number of fused-ring (bicyclic) bond motifs is 1. The number of piperidine rings is 1. The second-order valence-electron chi connectivity index (χ2n) is 10.4. The second-order valence-corrected chi connectivity index (χ2v) is 10.4. The SMILES string of the molecule is C=CC(=O)N1CCCC(n2nc(-c3ccc(Oc4ccccc4)cc3)c3c(NC4CCCCC4)ncnc32)C1. The fourth-order valence-electron chi connectivity index (χ4n) is 5.77. The maximum absolute atomic E-state index is 12.4. The minimum absolute atomic E-state index is 0.0250. The van der Waals surface area contributed by atoms with E-state index in [9.17, 15) is 4.79 Å². The molecule has 2 aromatic heterocycles. The normalized spacial score (nSPS) is 18.2. The summed E-state index contributed by atoms with van der Waals surface area (Å²) in [6.45, 7) is 4.99. The molecule has 1 amide bonds. The second kappa shape index (κ2) is 11.3. The Labute approximate surface area is 228 Å². The van der Waals surface area contributed by atoms with Crippen molar-refractivity contribution in [3.8, 4) is 22.8 Å². The smallest absolute Gasteiger partial charge is 0.246 e. The largest absolute Gasteiger partial charge is 0.457 e. The minimum Gasteiger partial charge on any atom is -0.457 e. The molecule has 2 aliphatic rings. The molecule has 200 valence electrons. The standard InChI is InChI=1S/C31H34N6O2/c1-2-27(38)36-19-9-12-24(20-36)37-31-28(30(32-21-33-31)34-23-10-5-3-6-11-23)29(35-37)22-15-17-26(18-16-22)39-25-13-7-4-8-14-25/h2,4,7-8,13-18,21,23-24H,1,3,5-6,9-12,19-20H2,(H,32,33,34). The number of anilines is 1. The fraction of sp³-hybridized carbons (Fsp3) is 0.355. The summed E-state index contributed by atoms with van der Waals surface area (Å²) in [5, 5.41) is 9.79. The molecule has 0 spiro atoms. The third-order valence-corrected chi connectivity index (χ3v) is 7.77. The lowest BCUT2D eigenvalue weighted by Gasteiger charge is -2.32. The number of hydrogen-bond donors (Lipinski definition) is 1. The number of benzene rings is 2. The number of likely N-dealkylation sites (tertiary alicyclic amines) is 1. The van der Waals surface area contributed by atoms with Crippen LogP contribution in [0.25, 0.3) is 22.3 Å². The average Bonchev–Trinajstić information content (AvgIpc) is 3.39. The van der Waals surface area contributed by atoms with Crippen LogP contribution in [0, 0.1) is 0 Å². The van der Waals surface area contributed by atoms with Gasteiger partial charge in [-0.2, -0.15) is 5.10 Å². The van der Waals surface area contributed by atoms with Crippen LogP contribution in [-0.4, -0.2) is 49.7 Å². The van der Waals surface area contributed by atoms with Crippen LogP contribution in [0.5, 0.6) is 11.5 Å². The molecule has 8 heteroatoms. The first kappa shape index (κ1) is 25.1. The highest BCUT2D eigenvalue weighted by Gasteiger charge is 2.29. The number of para-hydroxylation sites is 1. The van der Waals surface area contributed by atoms with Crippen LogP contribution in [0.3, 0.4) is 0 Å². The summed E-state index contributed by atoms with van der Waals surface area (Å²) in [7, 11) is 0. The summed E-state index contributed by atoms with van der Waals surface area (Å²) in [4.78, 5) is 23.7. The van der Waals surface area contributed by atoms with Gasteiger partial charge in [0.25, 0.3) is 0 Å². The molecule has 4 aromatic rings. The van der Waals surface area contributed by atoms with Gasteiger partial charge in [0.05, 0.1) is 11.4 Å². The summed E-state index contributed by atoms with van der Waals surface area (Å²) in [5.41, 5.74) is 2.60. The van der Waals surface area contributed by atoms with Gasteiger partial charge in [-0.25, -0.2) is 14.6 Å². The molecule has 1 aliphatic heterocycles. The number of ether oxygens (including phenoxy) is 1. The van der Waals surface area contributed by atoms with Crippen molar-refractivity contribution in [1.29, 1.82) is 0 Å². The molecule has 8 nitrogen and oxygen atoms in total. The van der Waals surface area contributed by atoms with Gasteiger partial charge in [0.1, 0.15) is 29.3 Å². The number of amides is 1. The van der Waals surface area contributed by atoms with E-state index in [0.717, 1.165) is 71.8 Å². The van der Waals surface area contributed by atoms with Crippen molar-refractivity contribution in [2.45, 2.75) is 57.0 Å². The van der Waals surface area contributed by atoms with Crippen LogP contribution < -0.4 is 10.1 Å². The maximum Gasteiger partial charge on any atom is 0.246 e. The van der Waals surface area contributed by atoms with Gasteiger partial charge in [-0.3, -0.25) is 4.79 Å². The molecule has 2 fully saturated rings. The Hall–Kier alpha value is -4.20. The van der Waals surface area contributed by atoms with Gasteiger partial charge in [-0.05, 0) is 68.2 Å². The fourth-order valence-corrected chi connectivity index (χ4v) is 5.77. The predicted molar refractivity (Wildman–Crippen MR) is 153 cm³/mol. The molecule has 1 unspecified atom stereocenters. The predicted octanol–water partition coefficient (Wildman–Crippen LogP) is 6.38. The Kier molecular flexibility index (Phi) is 7.25. The van der Waals surface area contributed by atoms with Gasteiger partial charge in [-0.15, -0.1) is 0 Å². The number of nitrogens with one attached hydrogen (secondary N) is 1. The van der Waals surface area contributed by atoms with Gasteiger partial charge in [0.15, 0.2) is 5.65 Å². The highest BCUT2D eigenvalue weighted by atomic mass is 16.5. The van der Waals surface area contributed by atoms with E-state index in [-0.39, 0.29) is 11.9 Å². The molecule has 39 heavy (non-hydrogen) atoms. The van der Waals surface area contributed by atoms with Crippen LogP contribution in [0.1, 0.15) is 51.0 Å². The molecule has 1 atom stereocenters. The Morgan fingerprint density at radius 3 is 2.49 bits per heavy atom. The molecule has 1 N–H and O–H groups in total. The van der Waals surface area contributed by atoms with Crippen molar-refractivity contribution in [3.05, 3.63) is 73.6 Å². The zero-order chi connectivity index (χ0) is 26.6. The molecule has 0 radical (unpaired) electrons. The van der Waals surface area contributed by atoms with Crippen molar-refractivity contribution >= 4 is 22.8 Å². The van der Waals surface area contributed by atoms with Crippen molar-refractivity contribution in [3.63, 3.8) is 0 Å². The van der Waals surface area contributed by atoms with E-state index >= 15 is 0 Å². The molecule has 3 heterocycles. The summed E-state index contributed by atoms with van der Waals surface area (Å²) >= 11 is 0. The zero-order valence-corrected chi connectivity index (χ0v) is 22.1. The Balaban J connectivity index is 1.39. The van der Waals surface area contributed by atoms with E-state index < -0.39 is 0 Å². The Morgan fingerprint density at radius 1 is 0.949 bits per heavy atom. The molecule has 1 saturated carbocycles. The van der Waals surface area contributed by atoms with E-state index in [0.29, 0.717) is 12.6 Å². The average molecular weight is 523 g/mol. The lowest BCUT2D eigenvalue weighted by molar-refractivity contribution is -0.127. The van der Waals surface area contributed by atoms with Crippen molar-refractivity contribution < 1.29 is 9.53 Å². The van der Waals surface area contributed by atoms with E-state index in [2.05, 4.69) is 11.9 Å². The highest BCUT2D eigenvalue weighted by Crippen LogP contribution is 2.36. The van der Waals surface area contributed by atoms with Gasteiger partial charge < -0.3 is 15.0 Å². The zero-order valence-electron chi connectivity index (χ0n) is 22.1. The van der Waals surface area contributed by atoms with E-state index in [1.54, 1.807) is 6.33 Å². The molecular formula is C31H34N6O2. The molecule has 6 rings (SSSR count). The van der Waals surface area contributed by atoms with Gasteiger partial charge in [-0.1, -0.05) is 44.0 Å². The van der Waals surface area contributed by atoms with Crippen molar-refractivity contribution in [1.82, 2.24) is 24.6 Å². The van der Waals surface area contributed by atoms with Crippen LogP contribution >= 0.6 is 0 Å². The molecule has 2 aromatic carbocycles. The first-order chi connectivity index (χ1) is 19.2. The monoisotopic (exact) mass is 522 g/mol. The molecular weight excluding hydrogens is 488 g/mol. The Bertz CT molecular complexity index is 1440. The van der Waals surface area contributed by atoms with Crippen molar-refractivity contribution in [2.24, 2.45) is 0 Å². The van der Waals surface area contributed by atoms with Gasteiger partial charge in [0, 0.05) is 24.7 Å². The number of carbonyl (C=O) groups is 1. The van der Waals surface area contributed by atoms with Crippen molar-refractivity contribution in [2.75, 3.05) is 18.4 Å². The van der Waals surface area contributed by atoms with Crippen LogP contribution in [-0.2, 0) is 4.79 Å². The van der Waals surface area contributed by atoms with Crippen LogP contribution in [0.4, 0.5) is 5.82 Å². The van der Waals surface area contributed by atoms with Gasteiger partial charge in [0.2, 0.25) is 5.91 Å². The molecule has 1 aliphatic carbocycles. The lowest BCUT2D eigenvalue weighted by atomic mass is 9.95. The van der Waals surface area contributed by atoms with E-state index in [4.69, 9.17) is 19.8 Å². The summed E-state index contributed by atoms with van der Waals surface area (Å²) in [5.74, 6) is 2.34. The van der Waals surface area contributed by atoms with Crippen LogP contribution in [0.15, 0.2) is 73.6 Å². The third kappa shape index (κ3) is 5.37.